The first kappa shape index (κ1) is 18.9. The fourth-order valence-corrected chi connectivity index (χ4v) is 3.42. The van der Waals surface area contributed by atoms with Gasteiger partial charge in [0.1, 0.15) is 0 Å². The molecule has 7 nitrogen and oxygen atoms in total. The third-order valence-electron chi connectivity index (χ3n) is 4.90. The highest BCUT2D eigenvalue weighted by atomic mass is 16.5. The largest absolute Gasteiger partial charge is 0.449 e. The third kappa shape index (κ3) is 4.13. The van der Waals surface area contributed by atoms with E-state index >= 15 is 0 Å². The number of hydrogen-bond acceptors (Lipinski definition) is 4. The molecule has 3 amide bonds. The Bertz CT molecular complexity index is 887. The van der Waals surface area contributed by atoms with Crippen molar-refractivity contribution >= 4 is 28.8 Å². The van der Waals surface area contributed by atoms with Gasteiger partial charge in [-0.25, -0.2) is 9.59 Å². The molecule has 0 spiro atoms. The lowest BCUT2D eigenvalue weighted by Gasteiger charge is -2.18. The third-order valence-corrected chi connectivity index (χ3v) is 4.90. The summed E-state index contributed by atoms with van der Waals surface area (Å²) in [7, 11) is 0. The molecule has 0 aliphatic heterocycles. The van der Waals surface area contributed by atoms with Gasteiger partial charge < -0.3 is 15.0 Å². The zero-order chi connectivity index (χ0) is 19.6. The summed E-state index contributed by atoms with van der Waals surface area (Å²) in [4.78, 5) is 39.2. The average Bonchev–Trinajstić information content (AvgIpc) is 2.98. The molecule has 0 fully saturated rings. The number of carbonyl (C=O) groups excluding carboxylic acids is 3. The molecule has 1 aromatic carbocycles. The molecule has 0 saturated heterocycles. The zero-order valence-corrected chi connectivity index (χ0v) is 15.8. The van der Waals surface area contributed by atoms with Gasteiger partial charge in [0.05, 0.1) is 5.56 Å². The maximum absolute atomic E-state index is 12.5. The molecule has 2 aromatic rings. The Morgan fingerprint density at radius 2 is 2.11 bits per heavy atom. The molecule has 1 aliphatic carbocycles. The Morgan fingerprint density at radius 3 is 2.85 bits per heavy atom. The minimum Gasteiger partial charge on any atom is -0.449 e. The van der Waals surface area contributed by atoms with E-state index in [1.54, 1.807) is 13.0 Å². The SMILES string of the molecule is CCNC(=O)NC(=O)[C@@H](C)OC(=O)c1ccc2[nH]c3c(c2c1)C[C@H](C)CC3. The Hall–Kier alpha value is -2.83. The van der Waals surface area contributed by atoms with Crippen LogP contribution in [0.15, 0.2) is 18.2 Å². The Morgan fingerprint density at radius 1 is 1.33 bits per heavy atom. The number of benzene rings is 1. The molecule has 0 unspecified atom stereocenters. The van der Waals surface area contributed by atoms with Gasteiger partial charge in [0.15, 0.2) is 6.10 Å². The number of ether oxygens (including phenoxy) is 1. The molecule has 0 bridgehead atoms. The van der Waals surface area contributed by atoms with Crippen molar-refractivity contribution in [1.29, 1.82) is 0 Å². The number of amides is 3. The van der Waals surface area contributed by atoms with Gasteiger partial charge in [-0.15, -0.1) is 0 Å². The van der Waals surface area contributed by atoms with Crippen LogP contribution in [0.3, 0.4) is 0 Å². The van der Waals surface area contributed by atoms with Crippen LogP contribution in [-0.2, 0) is 22.4 Å². The number of esters is 1. The summed E-state index contributed by atoms with van der Waals surface area (Å²) in [6.45, 7) is 5.80. The van der Waals surface area contributed by atoms with Crippen molar-refractivity contribution in [2.75, 3.05) is 6.54 Å². The van der Waals surface area contributed by atoms with Crippen molar-refractivity contribution in [2.45, 2.75) is 46.1 Å². The number of fused-ring (bicyclic) bond motifs is 3. The second-order valence-corrected chi connectivity index (χ2v) is 7.09. The van der Waals surface area contributed by atoms with E-state index < -0.39 is 24.0 Å². The number of imide groups is 1. The van der Waals surface area contributed by atoms with E-state index in [0.29, 0.717) is 18.0 Å². The van der Waals surface area contributed by atoms with Crippen molar-refractivity contribution < 1.29 is 19.1 Å². The number of aromatic amines is 1. The molecular formula is C20H25N3O4. The fourth-order valence-electron chi connectivity index (χ4n) is 3.42. The molecule has 1 aromatic heterocycles. The lowest BCUT2D eigenvalue weighted by Crippen LogP contribution is -2.44. The van der Waals surface area contributed by atoms with Crippen molar-refractivity contribution in [3.8, 4) is 0 Å². The van der Waals surface area contributed by atoms with Crippen LogP contribution in [0.25, 0.3) is 10.9 Å². The normalized spacial score (nSPS) is 17.1. The number of urea groups is 1. The summed E-state index contributed by atoms with van der Waals surface area (Å²) in [5.41, 5.74) is 3.90. The molecule has 0 saturated carbocycles. The van der Waals surface area contributed by atoms with E-state index in [4.69, 9.17) is 4.74 Å². The summed E-state index contributed by atoms with van der Waals surface area (Å²) in [6, 6.07) is 4.76. The number of rotatable bonds is 4. The highest BCUT2D eigenvalue weighted by molar-refractivity contribution is 6.00. The number of nitrogens with one attached hydrogen (secondary N) is 3. The molecule has 1 heterocycles. The minimum atomic E-state index is -1.07. The topological polar surface area (TPSA) is 100 Å². The van der Waals surface area contributed by atoms with Gasteiger partial charge in [-0.05, 0) is 62.8 Å². The molecular weight excluding hydrogens is 346 g/mol. The number of carbonyl (C=O) groups is 3. The van der Waals surface area contributed by atoms with Gasteiger partial charge in [-0.2, -0.15) is 0 Å². The highest BCUT2D eigenvalue weighted by Crippen LogP contribution is 2.32. The van der Waals surface area contributed by atoms with E-state index in [2.05, 4.69) is 22.5 Å². The molecule has 3 rings (SSSR count). The average molecular weight is 371 g/mol. The summed E-state index contributed by atoms with van der Waals surface area (Å²) < 4.78 is 5.23. The van der Waals surface area contributed by atoms with E-state index in [-0.39, 0.29) is 0 Å². The van der Waals surface area contributed by atoms with Crippen LogP contribution in [0.1, 0.15) is 48.8 Å². The molecule has 7 heteroatoms. The monoisotopic (exact) mass is 371 g/mol. The minimum absolute atomic E-state index is 0.389. The smallest absolute Gasteiger partial charge is 0.338 e. The van der Waals surface area contributed by atoms with Crippen molar-refractivity contribution in [2.24, 2.45) is 5.92 Å². The maximum atomic E-state index is 12.5. The first-order chi connectivity index (χ1) is 12.9. The first-order valence-electron chi connectivity index (χ1n) is 9.32. The van der Waals surface area contributed by atoms with Crippen LogP contribution < -0.4 is 10.6 Å². The lowest BCUT2D eigenvalue weighted by atomic mass is 9.87. The van der Waals surface area contributed by atoms with Gasteiger partial charge in [-0.3, -0.25) is 10.1 Å². The molecule has 27 heavy (non-hydrogen) atoms. The van der Waals surface area contributed by atoms with Crippen LogP contribution in [-0.4, -0.2) is 35.5 Å². The fraction of sp³-hybridized carbons (Fsp3) is 0.450. The van der Waals surface area contributed by atoms with Crippen LogP contribution in [0, 0.1) is 5.92 Å². The number of H-pyrrole nitrogens is 1. The molecule has 1 aliphatic rings. The van der Waals surface area contributed by atoms with Gasteiger partial charge in [0.25, 0.3) is 5.91 Å². The van der Waals surface area contributed by atoms with Crippen LogP contribution in [0.4, 0.5) is 4.79 Å². The highest BCUT2D eigenvalue weighted by Gasteiger charge is 2.23. The van der Waals surface area contributed by atoms with Gasteiger partial charge in [-0.1, -0.05) is 6.92 Å². The predicted octanol–water partition coefficient (Wildman–Crippen LogP) is 2.68. The van der Waals surface area contributed by atoms with E-state index in [0.717, 1.165) is 30.2 Å². The Balaban J connectivity index is 1.73. The maximum Gasteiger partial charge on any atom is 0.338 e. The van der Waals surface area contributed by atoms with E-state index in [1.807, 2.05) is 12.1 Å². The molecule has 0 radical (unpaired) electrons. The van der Waals surface area contributed by atoms with Gasteiger partial charge >= 0.3 is 12.0 Å². The van der Waals surface area contributed by atoms with E-state index in [9.17, 15) is 14.4 Å². The Kier molecular flexibility index (Phi) is 5.48. The zero-order valence-electron chi connectivity index (χ0n) is 15.8. The standard InChI is InChI=1S/C20H25N3O4/c1-4-21-20(26)23-18(24)12(3)27-19(25)13-6-8-17-15(10-13)14-9-11(2)5-7-16(14)22-17/h6,8,10-12,22H,4-5,7,9H2,1-3H3,(H2,21,23,24,26)/t11-,12-/m1/s1. The van der Waals surface area contributed by atoms with Crippen LogP contribution >= 0.6 is 0 Å². The van der Waals surface area contributed by atoms with Gasteiger partial charge in [0.2, 0.25) is 0 Å². The van der Waals surface area contributed by atoms with E-state index in [1.165, 1.54) is 18.2 Å². The van der Waals surface area contributed by atoms with Crippen LogP contribution in [0.2, 0.25) is 0 Å². The number of hydrogen-bond donors (Lipinski definition) is 3. The first-order valence-corrected chi connectivity index (χ1v) is 9.32. The number of aromatic nitrogens is 1. The molecule has 144 valence electrons. The lowest BCUT2D eigenvalue weighted by molar-refractivity contribution is -0.127. The molecule has 2 atom stereocenters. The second kappa shape index (κ2) is 7.82. The van der Waals surface area contributed by atoms with Gasteiger partial charge in [0, 0.05) is 23.1 Å². The van der Waals surface area contributed by atoms with Crippen molar-refractivity contribution in [1.82, 2.24) is 15.6 Å². The number of aryl methyl sites for hydroxylation is 1. The quantitative estimate of drug-likeness (QED) is 0.719. The molecule has 3 N–H and O–H groups in total. The van der Waals surface area contributed by atoms with Crippen LogP contribution in [0.5, 0.6) is 0 Å². The second-order valence-electron chi connectivity index (χ2n) is 7.09. The van der Waals surface area contributed by atoms with Crippen molar-refractivity contribution in [3.63, 3.8) is 0 Å². The summed E-state index contributed by atoms with van der Waals surface area (Å²) in [5.74, 6) is -0.637. The Labute approximate surface area is 157 Å². The summed E-state index contributed by atoms with van der Waals surface area (Å²) >= 11 is 0. The summed E-state index contributed by atoms with van der Waals surface area (Å²) in [6.07, 6.45) is 2.09. The van der Waals surface area contributed by atoms with Crippen molar-refractivity contribution in [3.05, 3.63) is 35.0 Å². The summed E-state index contributed by atoms with van der Waals surface area (Å²) in [5, 5.41) is 5.62. The predicted molar refractivity (Wildman–Crippen MR) is 102 cm³/mol.